The third-order valence-corrected chi connectivity index (χ3v) is 3.95. The van der Waals surface area contributed by atoms with Gasteiger partial charge in [-0.15, -0.1) is 0 Å². The highest BCUT2D eigenvalue weighted by atomic mass is 35.5. The minimum absolute atomic E-state index is 0.0642. The highest BCUT2D eigenvalue weighted by molar-refractivity contribution is 6.30. The highest BCUT2D eigenvalue weighted by Gasteiger charge is 2.12. The van der Waals surface area contributed by atoms with E-state index in [-0.39, 0.29) is 5.91 Å². The normalized spacial score (nSPS) is 10.3. The predicted octanol–water partition coefficient (Wildman–Crippen LogP) is 4.75. The highest BCUT2D eigenvalue weighted by Crippen LogP contribution is 2.19. The molecule has 25 heavy (non-hydrogen) atoms. The average Bonchev–Trinajstić information content (AvgIpc) is 2.62. The Balaban J connectivity index is 1.66. The molecule has 0 aliphatic rings. The maximum absolute atomic E-state index is 12.5. The smallest absolute Gasteiger partial charge is 0.255 e. The van der Waals surface area contributed by atoms with Crippen molar-refractivity contribution in [3.63, 3.8) is 0 Å². The van der Waals surface area contributed by atoms with E-state index < -0.39 is 0 Å². The molecule has 3 aromatic rings. The van der Waals surface area contributed by atoms with E-state index in [0.29, 0.717) is 22.9 Å². The number of halogens is 1. The first-order valence-corrected chi connectivity index (χ1v) is 8.27. The number of hydrogen-bond acceptors (Lipinski definition) is 3. The Labute approximate surface area is 152 Å². The fraction of sp³-hybridized carbons (Fsp3) is 0.100. The fourth-order valence-corrected chi connectivity index (χ4v) is 2.65. The van der Waals surface area contributed by atoms with Crippen molar-refractivity contribution in [2.45, 2.75) is 6.54 Å². The van der Waals surface area contributed by atoms with Crippen molar-refractivity contribution in [1.82, 2.24) is 9.88 Å². The molecular weight excluding hydrogens is 334 g/mol. The number of anilines is 2. The van der Waals surface area contributed by atoms with E-state index in [2.05, 4.69) is 10.3 Å². The lowest BCUT2D eigenvalue weighted by Crippen LogP contribution is -2.26. The summed E-state index contributed by atoms with van der Waals surface area (Å²) < 4.78 is 0. The van der Waals surface area contributed by atoms with Crippen LogP contribution in [-0.4, -0.2) is 22.8 Å². The Hall–Kier alpha value is -2.85. The van der Waals surface area contributed by atoms with E-state index in [4.69, 9.17) is 11.6 Å². The van der Waals surface area contributed by atoms with Gasteiger partial charge in [0, 0.05) is 30.5 Å². The number of aromatic nitrogens is 1. The van der Waals surface area contributed by atoms with Gasteiger partial charge in [0.05, 0.1) is 5.56 Å². The molecule has 1 aromatic heterocycles. The molecule has 0 saturated heterocycles. The number of amides is 1. The molecular formula is C20H18ClN3O. The van der Waals surface area contributed by atoms with Crippen molar-refractivity contribution >= 4 is 29.0 Å². The largest absolute Gasteiger partial charge is 0.340 e. The van der Waals surface area contributed by atoms with Crippen LogP contribution >= 0.6 is 11.6 Å². The Bertz CT molecular complexity index is 850. The molecule has 1 N–H and O–H groups in total. The predicted molar refractivity (Wildman–Crippen MR) is 101 cm³/mol. The minimum Gasteiger partial charge on any atom is -0.340 e. The van der Waals surface area contributed by atoms with Crippen molar-refractivity contribution in [1.29, 1.82) is 0 Å². The number of rotatable bonds is 5. The molecule has 2 aromatic carbocycles. The molecule has 0 saturated carbocycles. The summed E-state index contributed by atoms with van der Waals surface area (Å²) in [4.78, 5) is 18.5. The second-order valence-corrected chi connectivity index (χ2v) is 6.15. The molecule has 0 bridgehead atoms. The molecule has 1 heterocycles. The average molecular weight is 352 g/mol. The maximum atomic E-state index is 12.5. The Morgan fingerprint density at radius 3 is 2.56 bits per heavy atom. The van der Waals surface area contributed by atoms with E-state index in [9.17, 15) is 4.79 Å². The Morgan fingerprint density at radius 2 is 1.88 bits per heavy atom. The van der Waals surface area contributed by atoms with E-state index in [0.717, 1.165) is 11.3 Å². The van der Waals surface area contributed by atoms with Gasteiger partial charge in [0.2, 0.25) is 0 Å². The molecule has 126 valence electrons. The van der Waals surface area contributed by atoms with E-state index in [1.807, 2.05) is 54.6 Å². The van der Waals surface area contributed by atoms with Crippen LogP contribution in [0.1, 0.15) is 15.9 Å². The lowest BCUT2D eigenvalue weighted by molar-refractivity contribution is 0.0784. The first kappa shape index (κ1) is 17.0. The van der Waals surface area contributed by atoms with Crippen molar-refractivity contribution < 1.29 is 4.79 Å². The lowest BCUT2D eigenvalue weighted by atomic mass is 10.2. The molecule has 0 unspecified atom stereocenters. The summed E-state index contributed by atoms with van der Waals surface area (Å²) >= 11 is 5.97. The lowest BCUT2D eigenvalue weighted by Gasteiger charge is -2.17. The summed E-state index contributed by atoms with van der Waals surface area (Å²) in [6.45, 7) is 0.558. The van der Waals surface area contributed by atoms with Gasteiger partial charge < -0.3 is 10.2 Å². The van der Waals surface area contributed by atoms with Crippen molar-refractivity contribution in [3.8, 4) is 0 Å². The van der Waals surface area contributed by atoms with Crippen LogP contribution in [0, 0.1) is 0 Å². The number of nitrogens with one attached hydrogen (secondary N) is 1. The summed E-state index contributed by atoms with van der Waals surface area (Å²) in [6.07, 6.45) is 1.58. The zero-order valence-electron chi connectivity index (χ0n) is 13.8. The van der Waals surface area contributed by atoms with E-state index >= 15 is 0 Å². The van der Waals surface area contributed by atoms with Gasteiger partial charge in [-0.05, 0) is 35.9 Å². The molecule has 0 radical (unpaired) electrons. The zero-order chi connectivity index (χ0) is 17.6. The molecule has 0 fully saturated rings. The molecule has 0 atom stereocenters. The Kier molecular flexibility index (Phi) is 5.31. The zero-order valence-corrected chi connectivity index (χ0v) is 14.6. The Morgan fingerprint density at radius 1 is 1.08 bits per heavy atom. The summed E-state index contributed by atoms with van der Waals surface area (Å²) in [5.41, 5.74) is 2.49. The van der Waals surface area contributed by atoms with Gasteiger partial charge in [0.1, 0.15) is 5.82 Å². The van der Waals surface area contributed by atoms with E-state index in [1.54, 1.807) is 30.3 Å². The van der Waals surface area contributed by atoms with Crippen molar-refractivity contribution in [3.05, 3.63) is 89.1 Å². The van der Waals surface area contributed by atoms with Gasteiger partial charge >= 0.3 is 0 Å². The van der Waals surface area contributed by atoms with Crippen molar-refractivity contribution in [2.75, 3.05) is 12.4 Å². The second-order valence-electron chi connectivity index (χ2n) is 5.71. The van der Waals surface area contributed by atoms with Crippen LogP contribution < -0.4 is 5.32 Å². The first-order valence-electron chi connectivity index (χ1n) is 7.90. The number of nitrogens with zero attached hydrogens (tertiary/aromatic N) is 2. The number of carbonyl (C=O) groups excluding carboxylic acids is 1. The van der Waals surface area contributed by atoms with Gasteiger partial charge in [-0.2, -0.15) is 0 Å². The molecule has 0 aliphatic carbocycles. The topological polar surface area (TPSA) is 45.2 Å². The monoisotopic (exact) mass is 351 g/mol. The number of carbonyl (C=O) groups is 1. The van der Waals surface area contributed by atoms with Crippen LogP contribution in [0.15, 0.2) is 72.9 Å². The standard InChI is InChI=1S/C20H18ClN3O/c1-24(14-15-6-3-2-4-7-15)20(25)16-10-11-19(22-13-16)23-18-9-5-8-17(21)12-18/h2-13H,14H2,1H3,(H,22,23). The molecule has 3 rings (SSSR count). The number of pyridine rings is 1. The van der Waals surface area contributed by atoms with Crippen LogP contribution in [0.5, 0.6) is 0 Å². The molecule has 0 spiro atoms. The summed E-state index contributed by atoms with van der Waals surface area (Å²) in [7, 11) is 1.79. The van der Waals surface area contributed by atoms with Crippen LogP contribution in [0.2, 0.25) is 5.02 Å². The van der Waals surface area contributed by atoms with E-state index in [1.165, 1.54) is 0 Å². The van der Waals surface area contributed by atoms with Gasteiger partial charge in [0.25, 0.3) is 5.91 Å². The van der Waals surface area contributed by atoms with Crippen LogP contribution in [0.4, 0.5) is 11.5 Å². The molecule has 5 heteroatoms. The summed E-state index contributed by atoms with van der Waals surface area (Å²) in [6, 6.07) is 20.8. The summed E-state index contributed by atoms with van der Waals surface area (Å²) in [5.74, 6) is 0.593. The third kappa shape index (κ3) is 4.58. The van der Waals surface area contributed by atoms with Crippen LogP contribution in [0.3, 0.4) is 0 Å². The summed E-state index contributed by atoms with van der Waals surface area (Å²) in [5, 5.41) is 3.81. The molecule has 0 aliphatic heterocycles. The van der Waals surface area contributed by atoms with Crippen LogP contribution in [-0.2, 0) is 6.54 Å². The quantitative estimate of drug-likeness (QED) is 0.721. The SMILES string of the molecule is CN(Cc1ccccc1)C(=O)c1ccc(Nc2cccc(Cl)c2)nc1. The number of hydrogen-bond donors (Lipinski definition) is 1. The maximum Gasteiger partial charge on any atom is 0.255 e. The van der Waals surface area contributed by atoms with Crippen LogP contribution in [0.25, 0.3) is 0 Å². The van der Waals surface area contributed by atoms with Crippen molar-refractivity contribution in [2.24, 2.45) is 0 Å². The molecule has 4 nitrogen and oxygen atoms in total. The van der Waals surface area contributed by atoms with Gasteiger partial charge in [-0.1, -0.05) is 48.0 Å². The van der Waals surface area contributed by atoms with Gasteiger partial charge in [-0.25, -0.2) is 4.98 Å². The minimum atomic E-state index is -0.0642. The van der Waals surface area contributed by atoms with Gasteiger partial charge in [-0.3, -0.25) is 4.79 Å². The van der Waals surface area contributed by atoms with Gasteiger partial charge in [0.15, 0.2) is 0 Å². The first-order chi connectivity index (χ1) is 12.1. The molecule has 1 amide bonds. The number of benzene rings is 2. The second kappa shape index (κ2) is 7.81. The fourth-order valence-electron chi connectivity index (χ4n) is 2.46. The third-order valence-electron chi connectivity index (χ3n) is 3.72.